The third-order valence-corrected chi connectivity index (χ3v) is 7.34. The first-order chi connectivity index (χ1) is 17.6. The molecule has 2 aromatic heterocycles. The summed E-state index contributed by atoms with van der Waals surface area (Å²) in [5, 5.41) is 7.38. The van der Waals surface area contributed by atoms with Crippen LogP contribution in [-0.2, 0) is 19.5 Å². The Balaban J connectivity index is 1.35. The van der Waals surface area contributed by atoms with Gasteiger partial charge >= 0.3 is 0 Å². The highest BCUT2D eigenvalue weighted by atomic mass is 32.2. The van der Waals surface area contributed by atoms with Gasteiger partial charge < -0.3 is 10.2 Å². The van der Waals surface area contributed by atoms with Gasteiger partial charge in [-0.05, 0) is 66.6 Å². The first-order valence-electron chi connectivity index (χ1n) is 11.8. The van der Waals surface area contributed by atoms with Gasteiger partial charge in [0.05, 0.1) is 16.8 Å². The number of nitrogens with one attached hydrogen (secondary N) is 1. The van der Waals surface area contributed by atoms with Crippen LogP contribution in [0.3, 0.4) is 0 Å². The molecule has 7 nitrogen and oxygen atoms in total. The lowest BCUT2D eigenvalue weighted by Gasteiger charge is -2.31. The highest BCUT2D eigenvalue weighted by Crippen LogP contribution is 2.27. The van der Waals surface area contributed by atoms with Gasteiger partial charge in [0.1, 0.15) is 0 Å². The molecular weight excluding hydrogens is 470 g/mol. The van der Waals surface area contributed by atoms with Crippen molar-refractivity contribution in [1.82, 2.24) is 25.0 Å². The Morgan fingerprint density at radius 1 is 1.06 bits per heavy atom. The number of hydrogen-bond donors (Lipinski definition) is 1. The Labute approximate surface area is 214 Å². The number of aromatic nitrogens is 3. The summed E-state index contributed by atoms with van der Waals surface area (Å²) in [4.78, 5) is 33.8. The number of aryl methyl sites for hydroxylation is 1. The van der Waals surface area contributed by atoms with Crippen LogP contribution in [0.15, 0.2) is 78.1 Å². The monoisotopic (exact) mass is 497 g/mol. The van der Waals surface area contributed by atoms with Crippen LogP contribution in [0.5, 0.6) is 0 Å². The number of para-hydroxylation sites is 1. The second-order valence-corrected chi connectivity index (χ2v) is 9.50. The van der Waals surface area contributed by atoms with Gasteiger partial charge in [-0.2, -0.15) is 5.10 Å². The quantitative estimate of drug-likeness (QED) is 0.399. The highest BCUT2D eigenvalue weighted by Gasteiger charge is 2.26. The lowest BCUT2D eigenvalue weighted by Crippen LogP contribution is -2.37. The molecule has 0 fully saturated rings. The molecule has 0 saturated carbocycles. The Morgan fingerprint density at radius 2 is 1.83 bits per heavy atom. The SMILES string of the molecule is CSc1ccccc1C(=O)NCc1c(C)ncc2c1CCN(C(=O)c1ccccc1-n1cccn1)C2. The average molecular weight is 498 g/mol. The number of benzene rings is 2. The van der Waals surface area contributed by atoms with Gasteiger partial charge in [-0.15, -0.1) is 11.8 Å². The molecule has 1 aliphatic rings. The molecule has 0 saturated heterocycles. The fourth-order valence-electron chi connectivity index (χ4n) is 4.66. The second-order valence-electron chi connectivity index (χ2n) is 8.65. The molecule has 1 aliphatic heterocycles. The maximum absolute atomic E-state index is 13.5. The van der Waals surface area contributed by atoms with Crippen LogP contribution in [0.25, 0.3) is 5.69 Å². The van der Waals surface area contributed by atoms with E-state index in [1.807, 2.05) is 85.1 Å². The summed E-state index contributed by atoms with van der Waals surface area (Å²) in [6.45, 7) is 3.44. The maximum atomic E-state index is 13.5. The van der Waals surface area contributed by atoms with Crippen LogP contribution in [0.2, 0.25) is 0 Å². The number of hydrogen-bond acceptors (Lipinski definition) is 5. The van der Waals surface area contributed by atoms with Crippen molar-refractivity contribution in [2.75, 3.05) is 12.8 Å². The molecule has 4 aromatic rings. The molecule has 1 N–H and O–H groups in total. The van der Waals surface area contributed by atoms with Gasteiger partial charge in [-0.25, -0.2) is 4.68 Å². The zero-order valence-electron chi connectivity index (χ0n) is 20.3. The topological polar surface area (TPSA) is 80.1 Å². The summed E-state index contributed by atoms with van der Waals surface area (Å²) in [7, 11) is 0. The van der Waals surface area contributed by atoms with E-state index in [1.54, 1.807) is 22.6 Å². The summed E-state index contributed by atoms with van der Waals surface area (Å²) >= 11 is 1.56. The number of carbonyl (C=O) groups excluding carboxylic acids is 2. The number of rotatable bonds is 6. The lowest BCUT2D eigenvalue weighted by atomic mass is 9.94. The summed E-state index contributed by atoms with van der Waals surface area (Å²) in [6.07, 6.45) is 8.07. The Bertz CT molecular complexity index is 1420. The molecule has 0 atom stereocenters. The number of pyridine rings is 1. The van der Waals surface area contributed by atoms with E-state index in [9.17, 15) is 9.59 Å². The average Bonchev–Trinajstić information content (AvgIpc) is 3.46. The van der Waals surface area contributed by atoms with Gasteiger partial charge in [0.25, 0.3) is 11.8 Å². The van der Waals surface area contributed by atoms with Crippen molar-refractivity contribution < 1.29 is 9.59 Å². The molecule has 0 bridgehead atoms. The number of carbonyl (C=O) groups is 2. The molecule has 182 valence electrons. The van der Waals surface area contributed by atoms with Crippen LogP contribution in [0.1, 0.15) is 43.1 Å². The molecule has 3 heterocycles. The van der Waals surface area contributed by atoms with Crippen molar-refractivity contribution in [2.45, 2.75) is 31.3 Å². The molecule has 0 unspecified atom stereocenters. The smallest absolute Gasteiger partial charge is 0.256 e. The van der Waals surface area contributed by atoms with Crippen LogP contribution in [-0.4, -0.2) is 44.3 Å². The van der Waals surface area contributed by atoms with E-state index in [0.29, 0.717) is 37.2 Å². The van der Waals surface area contributed by atoms with E-state index in [1.165, 1.54) is 5.56 Å². The molecule has 2 aromatic carbocycles. The van der Waals surface area contributed by atoms with Crippen LogP contribution in [0.4, 0.5) is 0 Å². The molecule has 5 rings (SSSR count). The van der Waals surface area contributed by atoms with E-state index in [0.717, 1.165) is 27.4 Å². The lowest BCUT2D eigenvalue weighted by molar-refractivity contribution is 0.0734. The standard InChI is InChI=1S/C28H27N5O2S/c1-19-24(17-30-27(34)23-9-4-6-11-26(23)36-2)21-12-15-32(18-20(21)16-29-19)28(35)22-8-3-5-10-25(22)33-14-7-13-31-33/h3-11,13-14,16H,12,15,17-18H2,1-2H3,(H,30,34). The molecule has 0 aliphatic carbocycles. The fourth-order valence-corrected chi connectivity index (χ4v) is 5.26. The summed E-state index contributed by atoms with van der Waals surface area (Å²) in [6, 6.07) is 17.0. The van der Waals surface area contributed by atoms with Gasteiger partial charge in [-0.3, -0.25) is 14.6 Å². The minimum absolute atomic E-state index is 0.0316. The van der Waals surface area contributed by atoms with Gasteiger partial charge in [-0.1, -0.05) is 24.3 Å². The van der Waals surface area contributed by atoms with Gasteiger partial charge in [0.2, 0.25) is 0 Å². The summed E-state index contributed by atoms with van der Waals surface area (Å²) < 4.78 is 1.71. The minimum atomic E-state index is -0.0974. The predicted octanol–water partition coefficient (Wildman–Crippen LogP) is 4.43. The Morgan fingerprint density at radius 3 is 2.61 bits per heavy atom. The van der Waals surface area contributed by atoms with Crippen molar-refractivity contribution in [1.29, 1.82) is 0 Å². The Hall–Kier alpha value is -3.91. The Kier molecular flexibility index (Phi) is 6.86. The number of nitrogens with zero attached hydrogens (tertiary/aromatic N) is 4. The number of amides is 2. The van der Waals surface area contributed by atoms with E-state index in [2.05, 4.69) is 15.4 Å². The first-order valence-corrected chi connectivity index (χ1v) is 13.0. The first kappa shape index (κ1) is 23.8. The van der Waals surface area contributed by atoms with E-state index >= 15 is 0 Å². The van der Waals surface area contributed by atoms with Crippen molar-refractivity contribution >= 4 is 23.6 Å². The molecule has 0 radical (unpaired) electrons. The number of fused-ring (bicyclic) bond motifs is 1. The molecule has 8 heteroatoms. The summed E-state index contributed by atoms with van der Waals surface area (Å²) in [5.74, 6) is -0.129. The highest BCUT2D eigenvalue weighted by molar-refractivity contribution is 7.98. The zero-order valence-corrected chi connectivity index (χ0v) is 21.1. The van der Waals surface area contributed by atoms with Gasteiger partial charge in [0.15, 0.2) is 0 Å². The fraction of sp³-hybridized carbons (Fsp3) is 0.214. The molecule has 2 amide bonds. The van der Waals surface area contributed by atoms with Crippen molar-refractivity contribution in [3.05, 3.63) is 107 Å². The molecular formula is C28H27N5O2S. The van der Waals surface area contributed by atoms with Crippen LogP contribution < -0.4 is 5.32 Å². The van der Waals surface area contributed by atoms with E-state index < -0.39 is 0 Å². The van der Waals surface area contributed by atoms with E-state index in [-0.39, 0.29) is 11.8 Å². The van der Waals surface area contributed by atoms with Crippen molar-refractivity contribution in [3.8, 4) is 5.69 Å². The van der Waals surface area contributed by atoms with Crippen LogP contribution >= 0.6 is 11.8 Å². The zero-order chi connectivity index (χ0) is 25.1. The summed E-state index contributed by atoms with van der Waals surface area (Å²) in [5.41, 5.74) is 6.17. The normalized spacial score (nSPS) is 12.8. The van der Waals surface area contributed by atoms with Gasteiger partial charge in [0, 0.05) is 48.8 Å². The molecule has 0 spiro atoms. The third kappa shape index (κ3) is 4.64. The number of thioether (sulfide) groups is 1. The predicted molar refractivity (Wildman–Crippen MR) is 140 cm³/mol. The minimum Gasteiger partial charge on any atom is -0.348 e. The molecule has 36 heavy (non-hydrogen) atoms. The van der Waals surface area contributed by atoms with Crippen LogP contribution in [0, 0.1) is 6.92 Å². The largest absolute Gasteiger partial charge is 0.348 e. The van der Waals surface area contributed by atoms with Crippen molar-refractivity contribution in [2.24, 2.45) is 0 Å². The second kappa shape index (κ2) is 10.4. The third-order valence-electron chi connectivity index (χ3n) is 6.55. The maximum Gasteiger partial charge on any atom is 0.256 e. The van der Waals surface area contributed by atoms with Crippen molar-refractivity contribution in [3.63, 3.8) is 0 Å². The van der Waals surface area contributed by atoms with E-state index in [4.69, 9.17) is 0 Å².